The summed E-state index contributed by atoms with van der Waals surface area (Å²) < 4.78 is 18.1. The van der Waals surface area contributed by atoms with Crippen molar-refractivity contribution in [2.45, 2.75) is 52.7 Å². The highest BCUT2D eigenvalue weighted by molar-refractivity contribution is 5.96. The van der Waals surface area contributed by atoms with Gasteiger partial charge in [0.1, 0.15) is 12.0 Å². The van der Waals surface area contributed by atoms with Gasteiger partial charge in [0.25, 0.3) is 0 Å². The quantitative estimate of drug-likeness (QED) is 0.487. The molecule has 0 saturated carbocycles. The number of carboxylic acids is 1. The van der Waals surface area contributed by atoms with Gasteiger partial charge in [-0.3, -0.25) is 0 Å². The summed E-state index contributed by atoms with van der Waals surface area (Å²) in [6, 6.07) is 6.53. The predicted molar refractivity (Wildman–Crippen MR) is 133 cm³/mol. The van der Waals surface area contributed by atoms with Crippen molar-refractivity contribution in [1.29, 1.82) is 5.26 Å². The molecule has 2 unspecified atom stereocenters. The number of pyridine rings is 1. The number of carbonyl (C=O) groups excluding carboxylic acids is 1. The first-order valence-corrected chi connectivity index (χ1v) is 11.8. The molecule has 9 heteroatoms. The zero-order valence-corrected chi connectivity index (χ0v) is 21.4. The maximum Gasteiger partial charge on any atom is 0.337 e. The van der Waals surface area contributed by atoms with Gasteiger partial charge < -0.3 is 29.0 Å². The van der Waals surface area contributed by atoms with Gasteiger partial charge >= 0.3 is 5.97 Å². The molecule has 1 aromatic carbocycles. The molecule has 3 rings (SSSR count). The second kappa shape index (κ2) is 10.8. The number of ether oxygens (including phenoxy) is 3. The molecule has 2 heterocycles. The minimum absolute atomic E-state index is 0.0500. The molecule has 2 aromatic rings. The van der Waals surface area contributed by atoms with Gasteiger partial charge in [0.05, 0.1) is 42.2 Å². The van der Waals surface area contributed by atoms with Crippen molar-refractivity contribution in [1.82, 2.24) is 4.98 Å². The Bertz CT molecular complexity index is 1250. The van der Waals surface area contributed by atoms with Gasteiger partial charge in [-0.1, -0.05) is 6.07 Å². The number of methoxy groups -OCH3 is 1. The van der Waals surface area contributed by atoms with E-state index in [4.69, 9.17) is 14.2 Å². The number of aryl methyl sites for hydroxylation is 1. The van der Waals surface area contributed by atoms with Crippen molar-refractivity contribution >= 4 is 17.9 Å². The molecule has 1 N–H and O–H groups in total. The van der Waals surface area contributed by atoms with E-state index in [9.17, 15) is 20.0 Å². The fourth-order valence-corrected chi connectivity index (χ4v) is 4.98. The number of aromatic nitrogens is 1. The zero-order valence-electron chi connectivity index (χ0n) is 21.4. The number of hydrogen-bond donors (Lipinski definition) is 1. The van der Waals surface area contributed by atoms with Crippen molar-refractivity contribution in [3.63, 3.8) is 0 Å². The van der Waals surface area contributed by atoms with Gasteiger partial charge in [0, 0.05) is 36.5 Å². The first-order valence-electron chi connectivity index (χ1n) is 11.8. The molecule has 0 fully saturated rings. The van der Waals surface area contributed by atoms with Crippen molar-refractivity contribution in [2.24, 2.45) is 0 Å². The van der Waals surface area contributed by atoms with Crippen LogP contribution in [0.5, 0.6) is 11.6 Å². The number of carboxylic acid groups (broad SMARTS) is 1. The number of hydrogen-bond acceptors (Lipinski definition) is 8. The lowest BCUT2D eigenvalue weighted by atomic mass is 9.74. The Morgan fingerprint density at radius 1 is 1.31 bits per heavy atom. The molecule has 2 atom stereocenters. The maximum atomic E-state index is 13.1. The fraction of sp³-hybridized carbons (Fsp3) is 0.407. The Hall–Kier alpha value is -3.90. The normalized spacial score (nSPS) is 17.8. The summed E-state index contributed by atoms with van der Waals surface area (Å²) in [4.78, 5) is 30.9. The van der Waals surface area contributed by atoms with Crippen molar-refractivity contribution < 1.29 is 28.9 Å². The average molecular weight is 494 g/mol. The van der Waals surface area contributed by atoms with Crippen LogP contribution in [0.2, 0.25) is 0 Å². The molecule has 1 aliphatic heterocycles. The third kappa shape index (κ3) is 4.18. The summed E-state index contributed by atoms with van der Waals surface area (Å²) >= 11 is 0. The molecule has 0 radical (unpaired) electrons. The van der Waals surface area contributed by atoms with Crippen LogP contribution in [0.15, 0.2) is 35.7 Å². The van der Waals surface area contributed by atoms with Crippen LogP contribution in [0, 0.1) is 18.3 Å². The standard InChI is InChI=1S/C27H31N3O6/c1-7-35-25-23-24(16(3)15-29-25)30(17(4)11-12-31)18(5)22(26(32)33)27(23,36-8-2)20-10-9-19(14-28)13-21(20)34-6/h9-10,12-13,15,17H,7-8,11H2,1-6H3,(H,32,33). The van der Waals surface area contributed by atoms with Crippen LogP contribution in [0.4, 0.5) is 5.69 Å². The number of aldehydes is 1. The van der Waals surface area contributed by atoms with Crippen molar-refractivity contribution in [2.75, 3.05) is 25.2 Å². The second-order valence-electron chi connectivity index (χ2n) is 8.43. The molecule has 190 valence electrons. The van der Waals surface area contributed by atoms with E-state index in [1.165, 1.54) is 7.11 Å². The first kappa shape index (κ1) is 26.7. The third-order valence-corrected chi connectivity index (χ3v) is 6.31. The summed E-state index contributed by atoms with van der Waals surface area (Å²) in [6.45, 7) is 9.45. The highest BCUT2D eigenvalue weighted by Crippen LogP contribution is 2.56. The molecule has 1 aromatic heterocycles. The van der Waals surface area contributed by atoms with Gasteiger partial charge in [0.15, 0.2) is 5.60 Å². The molecular formula is C27H31N3O6. The molecule has 0 saturated heterocycles. The maximum absolute atomic E-state index is 13.1. The van der Waals surface area contributed by atoms with E-state index in [0.29, 0.717) is 33.8 Å². The van der Waals surface area contributed by atoms with Crippen LogP contribution < -0.4 is 14.4 Å². The average Bonchev–Trinajstić information content (AvgIpc) is 2.85. The van der Waals surface area contributed by atoms with Gasteiger partial charge in [0.2, 0.25) is 5.88 Å². The Labute approximate surface area is 210 Å². The number of allylic oxidation sites excluding steroid dienone is 1. The molecule has 0 aliphatic carbocycles. The van der Waals surface area contributed by atoms with Crippen LogP contribution in [-0.2, 0) is 19.9 Å². The number of aliphatic carboxylic acids is 1. The highest BCUT2D eigenvalue weighted by atomic mass is 16.5. The fourth-order valence-electron chi connectivity index (χ4n) is 4.98. The first-order chi connectivity index (χ1) is 17.2. The summed E-state index contributed by atoms with van der Waals surface area (Å²) in [5, 5.41) is 20.1. The van der Waals surface area contributed by atoms with E-state index in [2.05, 4.69) is 11.1 Å². The van der Waals surface area contributed by atoms with Crippen LogP contribution in [0.3, 0.4) is 0 Å². The zero-order chi connectivity index (χ0) is 26.6. The van der Waals surface area contributed by atoms with Gasteiger partial charge in [-0.15, -0.1) is 0 Å². The SMILES string of the molecule is CCOc1ncc(C)c2c1C(OCC)(c1ccc(C#N)cc1OC)C(C(=O)O)=C(C)N2C(C)CC=O. The van der Waals surface area contributed by atoms with Crippen LogP contribution in [0.1, 0.15) is 56.4 Å². The Kier molecular flexibility index (Phi) is 8.00. The lowest BCUT2D eigenvalue weighted by Crippen LogP contribution is -2.48. The minimum atomic E-state index is -1.68. The molecule has 0 amide bonds. The molecule has 9 nitrogen and oxygen atoms in total. The topological polar surface area (TPSA) is 122 Å². The number of rotatable bonds is 10. The van der Waals surface area contributed by atoms with E-state index in [1.807, 2.05) is 25.7 Å². The smallest absolute Gasteiger partial charge is 0.337 e. The number of carbonyl (C=O) groups is 2. The van der Waals surface area contributed by atoms with Crippen LogP contribution in [-0.4, -0.2) is 48.7 Å². The summed E-state index contributed by atoms with van der Waals surface area (Å²) in [6.07, 6.45) is 2.65. The lowest BCUT2D eigenvalue weighted by molar-refractivity contribution is -0.136. The number of nitrogens with zero attached hydrogens (tertiary/aromatic N) is 3. The van der Waals surface area contributed by atoms with E-state index in [-0.39, 0.29) is 37.1 Å². The predicted octanol–water partition coefficient (Wildman–Crippen LogP) is 4.11. The van der Waals surface area contributed by atoms with Gasteiger partial charge in [-0.05, 0) is 52.3 Å². The van der Waals surface area contributed by atoms with E-state index < -0.39 is 11.6 Å². The largest absolute Gasteiger partial charge is 0.496 e. The van der Waals surface area contributed by atoms with E-state index in [1.54, 1.807) is 38.2 Å². The molecule has 0 spiro atoms. The summed E-state index contributed by atoms with van der Waals surface area (Å²) in [5.74, 6) is -0.698. The van der Waals surface area contributed by atoms with Crippen LogP contribution >= 0.6 is 0 Å². The molecule has 36 heavy (non-hydrogen) atoms. The lowest BCUT2D eigenvalue weighted by Gasteiger charge is -2.47. The Morgan fingerprint density at radius 3 is 2.58 bits per heavy atom. The van der Waals surface area contributed by atoms with Crippen LogP contribution in [0.25, 0.3) is 0 Å². The second-order valence-corrected chi connectivity index (χ2v) is 8.43. The monoisotopic (exact) mass is 493 g/mol. The number of nitriles is 1. The molecule has 0 bridgehead atoms. The number of benzene rings is 1. The Balaban J connectivity index is 2.63. The minimum Gasteiger partial charge on any atom is -0.496 e. The van der Waals surface area contributed by atoms with Gasteiger partial charge in [-0.25, -0.2) is 9.78 Å². The Morgan fingerprint density at radius 2 is 2.03 bits per heavy atom. The third-order valence-electron chi connectivity index (χ3n) is 6.31. The van der Waals surface area contributed by atoms with E-state index >= 15 is 0 Å². The summed E-state index contributed by atoms with van der Waals surface area (Å²) in [7, 11) is 1.46. The summed E-state index contributed by atoms with van der Waals surface area (Å²) in [5.41, 5.74) is 1.27. The molecule has 1 aliphatic rings. The van der Waals surface area contributed by atoms with E-state index in [0.717, 1.165) is 11.8 Å². The molecular weight excluding hydrogens is 462 g/mol. The van der Waals surface area contributed by atoms with Crippen molar-refractivity contribution in [3.8, 4) is 17.7 Å². The number of fused-ring (bicyclic) bond motifs is 1. The highest BCUT2D eigenvalue weighted by Gasteiger charge is 2.54. The van der Waals surface area contributed by atoms with Crippen molar-refractivity contribution in [3.05, 3.63) is 57.9 Å². The van der Waals surface area contributed by atoms with Gasteiger partial charge in [-0.2, -0.15) is 5.26 Å². The number of anilines is 1.